The molecule has 0 bridgehead atoms. The van der Waals surface area contributed by atoms with Crippen LogP contribution in [-0.2, 0) is 0 Å². The minimum atomic E-state index is -0.365. The first-order chi connectivity index (χ1) is 10.1. The molecule has 0 aliphatic carbocycles. The summed E-state index contributed by atoms with van der Waals surface area (Å²) in [7, 11) is 0. The van der Waals surface area contributed by atoms with E-state index in [1.165, 1.54) is 6.33 Å². The van der Waals surface area contributed by atoms with Gasteiger partial charge >= 0.3 is 0 Å². The Hall–Kier alpha value is -1.85. The number of anilines is 1. The molecule has 2 aromatic rings. The first-order valence-corrected chi connectivity index (χ1v) is 7.07. The summed E-state index contributed by atoms with van der Waals surface area (Å²) in [5.74, 6) is 0.265. The molecule has 0 radical (unpaired) electrons. The average Bonchev–Trinajstić information content (AvgIpc) is 2.49. The van der Waals surface area contributed by atoms with E-state index < -0.39 is 0 Å². The van der Waals surface area contributed by atoms with Crippen molar-refractivity contribution < 1.29 is 9.53 Å². The fraction of sp³-hybridized carbons (Fsp3) is 0.214. The van der Waals surface area contributed by atoms with E-state index in [4.69, 9.17) is 27.9 Å². The molecule has 0 aliphatic heterocycles. The molecule has 1 aromatic carbocycles. The second-order valence-electron chi connectivity index (χ2n) is 4.16. The summed E-state index contributed by atoms with van der Waals surface area (Å²) in [6.45, 7) is 2.60. The molecule has 21 heavy (non-hydrogen) atoms. The molecule has 5 nitrogen and oxygen atoms in total. The number of halogens is 2. The van der Waals surface area contributed by atoms with Gasteiger partial charge in [0.15, 0.2) is 10.3 Å². The van der Waals surface area contributed by atoms with E-state index in [0.29, 0.717) is 17.9 Å². The number of carbonyl (C=O) groups excluding carboxylic acids is 1. The summed E-state index contributed by atoms with van der Waals surface area (Å²) >= 11 is 11.8. The Morgan fingerprint density at radius 1 is 1.29 bits per heavy atom. The summed E-state index contributed by atoms with van der Waals surface area (Å²) in [6, 6.07) is 6.85. The van der Waals surface area contributed by atoms with Crippen molar-refractivity contribution in [2.75, 3.05) is 11.9 Å². The minimum absolute atomic E-state index is 0.0849. The van der Waals surface area contributed by atoms with Gasteiger partial charge < -0.3 is 10.1 Å². The maximum atomic E-state index is 12.2. The average molecular weight is 326 g/mol. The third-order valence-electron chi connectivity index (χ3n) is 2.56. The van der Waals surface area contributed by atoms with Crippen LogP contribution in [-0.4, -0.2) is 22.5 Å². The molecule has 0 saturated heterocycles. The van der Waals surface area contributed by atoms with Crippen molar-refractivity contribution in [3.05, 3.63) is 46.5 Å². The number of nitrogens with one attached hydrogen (secondary N) is 1. The van der Waals surface area contributed by atoms with E-state index in [2.05, 4.69) is 15.3 Å². The molecule has 1 amide bonds. The third kappa shape index (κ3) is 4.06. The van der Waals surface area contributed by atoms with Crippen LogP contribution in [0.25, 0.3) is 0 Å². The Kier molecular flexibility index (Phi) is 5.36. The predicted octanol–water partition coefficient (Wildman–Crippen LogP) is 3.82. The van der Waals surface area contributed by atoms with Crippen LogP contribution in [0.15, 0.2) is 30.6 Å². The lowest BCUT2D eigenvalue weighted by atomic mass is 10.2. The lowest BCUT2D eigenvalue weighted by molar-refractivity contribution is 0.102. The highest BCUT2D eigenvalue weighted by molar-refractivity contribution is 6.38. The first-order valence-electron chi connectivity index (χ1n) is 6.32. The van der Waals surface area contributed by atoms with E-state index in [-0.39, 0.29) is 21.9 Å². The molecule has 1 aromatic heterocycles. The number of rotatable bonds is 5. The number of hydrogen-bond donors (Lipinski definition) is 1. The number of nitrogens with zero attached hydrogens (tertiary/aromatic N) is 2. The predicted molar refractivity (Wildman–Crippen MR) is 82.2 cm³/mol. The van der Waals surface area contributed by atoms with Gasteiger partial charge in [0.1, 0.15) is 17.8 Å². The van der Waals surface area contributed by atoms with E-state index >= 15 is 0 Å². The topological polar surface area (TPSA) is 64.1 Å². The lowest BCUT2D eigenvalue weighted by Crippen LogP contribution is -2.13. The van der Waals surface area contributed by atoms with Gasteiger partial charge in [-0.25, -0.2) is 9.97 Å². The molecule has 0 aliphatic rings. The molecular formula is C14H13Cl2N3O2. The first kappa shape index (κ1) is 15.5. The van der Waals surface area contributed by atoms with E-state index in [0.717, 1.165) is 6.42 Å². The van der Waals surface area contributed by atoms with Crippen LogP contribution >= 0.6 is 23.2 Å². The van der Waals surface area contributed by atoms with Gasteiger partial charge in [-0.05, 0) is 24.6 Å². The third-order valence-corrected chi connectivity index (χ3v) is 3.14. The van der Waals surface area contributed by atoms with Gasteiger partial charge in [-0.1, -0.05) is 36.2 Å². The summed E-state index contributed by atoms with van der Waals surface area (Å²) in [4.78, 5) is 19.8. The fourth-order valence-corrected chi connectivity index (χ4v) is 1.99. The highest BCUT2D eigenvalue weighted by Crippen LogP contribution is 2.26. The van der Waals surface area contributed by atoms with Crippen LogP contribution in [0, 0.1) is 0 Å². The van der Waals surface area contributed by atoms with Gasteiger partial charge in [0.25, 0.3) is 5.91 Å². The van der Waals surface area contributed by atoms with Crippen molar-refractivity contribution in [2.45, 2.75) is 13.3 Å². The van der Waals surface area contributed by atoms with Crippen LogP contribution in [0.3, 0.4) is 0 Å². The zero-order valence-corrected chi connectivity index (χ0v) is 12.8. The largest absolute Gasteiger partial charge is 0.494 e. The SMILES string of the molecule is CCCOc1cccc(C(=O)Nc2c(Cl)ncnc2Cl)c1. The molecule has 0 spiro atoms. The van der Waals surface area contributed by atoms with E-state index in [1.54, 1.807) is 24.3 Å². The van der Waals surface area contributed by atoms with Crippen molar-refractivity contribution in [1.82, 2.24) is 9.97 Å². The smallest absolute Gasteiger partial charge is 0.255 e. The van der Waals surface area contributed by atoms with Crippen LogP contribution in [0.5, 0.6) is 5.75 Å². The zero-order chi connectivity index (χ0) is 15.2. The molecule has 1 heterocycles. The lowest BCUT2D eigenvalue weighted by Gasteiger charge is -2.09. The maximum Gasteiger partial charge on any atom is 0.255 e. The van der Waals surface area contributed by atoms with Crippen LogP contribution < -0.4 is 10.1 Å². The van der Waals surface area contributed by atoms with Crippen molar-refractivity contribution in [3.63, 3.8) is 0 Å². The van der Waals surface area contributed by atoms with Gasteiger partial charge in [-0.15, -0.1) is 0 Å². The number of aromatic nitrogens is 2. The number of carbonyl (C=O) groups is 1. The summed E-state index contributed by atoms with van der Waals surface area (Å²) in [6.07, 6.45) is 2.11. The molecule has 0 unspecified atom stereocenters. The Labute approximate surface area is 132 Å². The van der Waals surface area contributed by atoms with Gasteiger partial charge in [0.2, 0.25) is 0 Å². The Morgan fingerprint density at radius 3 is 2.67 bits per heavy atom. The van der Waals surface area contributed by atoms with E-state index in [1.807, 2.05) is 6.92 Å². The van der Waals surface area contributed by atoms with E-state index in [9.17, 15) is 4.79 Å². The number of hydrogen-bond acceptors (Lipinski definition) is 4. The second-order valence-corrected chi connectivity index (χ2v) is 4.88. The van der Waals surface area contributed by atoms with Crippen LogP contribution in [0.4, 0.5) is 5.69 Å². The van der Waals surface area contributed by atoms with Crippen LogP contribution in [0.1, 0.15) is 23.7 Å². The van der Waals surface area contributed by atoms with Crippen molar-refractivity contribution in [2.24, 2.45) is 0 Å². The molecule has 110 valence electrons. The van der Waals surface area contributed by atoms with Crippen LogP contribution in [0.2, 0.25) is 10.3 Å². The molecule has 2 rings (SSSR count). The van der Waals surface area contributed by atoms with Gasteiger partial charge in [0, 0.05) is 5.56 Å². The number of amides is 1. The quantitative estimate of drug-likeness (QED) is 0.848. The maximum absolute atomic E-state index is 12.2. The van der Waals surface area contributed by atoms with Gasteiger partial charge in [-0.3, -0.25) is 4.79 Å². The molecule has 0 atom stereocenters. The Bertz CT molecular complexity index is 630. The van der Waals surface area contributed by atoms with Gasteiger partial charge in [0.05, 0.1) is 6.61 Å². The number of benzene rings is 1. The highest BCUT2D eigenvalue weighted by atomic mass is 35.5. The molecular weight excluding hydrogens is 313 g/mol. The van der Waals surface area contributed by atoms with Crippen molar-refractivity contribution in [3.8, 4) is 5.75 Å². The second kappa shape index (κ2) is 7.24. The van der Waals surface area contributed by atoms with Crippen molar-refractivity contribution in [1.29, 1.82) is 0 Å². The number of ether oxygens (including phenoxy) is 1. The van der Waals surface area contributed by atoms with Crippen molar-refractivity contribution >= 4 is 34.8 Å². The Balaban J connectivity index is 2.17. The standard InChI is InChI=1S/C14H13Cl2N3O2/c1-2-6-21-10-5-3-4-9(7-10)14(20)19-11-12(15)17-8-18-13(11)16/h3-5,7-8H,2,6H2,1H3,(H,19,20). The molecule has 0 fully saturated rings. The summed E-state index contributed by atoms with van der Waals surface area (Å²) in [5.41, 5.74) is 0.616. The normalized spacial score (nSPS) is 10.2. The Morgan fingerprint density at radius 2 is 2.00 bits per heavy atom. The minimum Gasteiger partial charge on any atom is -0.494 e. The van der Waals surface area contributed by atoms with Gasteiger partial charge in [-0.2, -0.15) is 0 Å². The molecule has 1 N–H and O–H groups in total. The summed E-state index contributed by atoms with van der Waals surface area (Å²) < 4.78 is 5.49. The zero-order valence-electron chi connectivity index (χ0n) is 11.3. The monoisotopic (exact) mass is 325 g/mol. The summed E-state index contributed by atoms with van der Waals surface area (Å²) in [5, 5.41) is 2.76. The fourth-order valence-electron chi connectivity index (χ4n) is 1.58. The molecule has 7 heteroatoms. The highest BCUT2D eigenvalue weighted by Gasteiger charge is 2.13. The molecule has 0 saturated carbocycles.